The Hall–Kier alpha value is -1.91. The summed E-state index contributed by atoms with van der Waals surface area (Å²) in [6, 6.07) is 3.67. The quantitative estimate of drug-likeness (QED) is 0.811. The second-order valence-electron chi connectivity index (χ2n) is 4.82. The van der Waals surface area contributed by atoms with Gasteiger partial charge in [-0.2, -0.15) is 5.10 Å². The van der Waals surface area contributed by atoms with Gasteiger partial charge in [-0.1, -0.05) is 26.2 Å². The van der Waals surface area contributed by atoms with Crippen LogP contribution in [0.4, 0.5) is 0 Å². The molecule has 0 saturated heterocycles. The van der Waals surface area contributed by atoms with Gasteiger partial charge in [-0.25, -0.2) is 9.50 Å². The van der Waals surface area contributed by atoms with E-state index in [-0.39, 0.29) is 11.9 Å². The lowest BCUT2D eigenvalue weighted by Gasteiger charge is -2.12. The summed E-state index contributed by atoms with van der Waals surface area (Å²) in [7, 11) is 0. The fourth-order valence-electron chi connectivity index (χ4n) is 2.01. The number of nitrogens with one attached hydrogen (secondary N) is 1. The molecule has 0 bridgehead atoms. The minimum absolute atomic E-state index is 0.130. The van der Waals surface area contributed by atoms with Crippen molar-refractivity contribution in [1.29, 1.82) is 0 Å². The van der Waals surface area contributed by atoms with E-state index < -0.39 is 0 Å². The summed E-state index contributed by atoms with van der Waals surface area (Å²) in [5.74, 6) is -0.130. The Kier molecular flexibility index (Phi) is 4.49. The summed E-state index contributed by atoms with van der Waals surface area (Å²) in [6.45, 7) is 4.20. The van der Waals surface area contributed by atoms with Gasteiger partial charge in [0, 0.05) is 24.5 Å². The maximum absolute atomic E-state index is 12.0. The lowest BCUT2D eigenvalue weighted by Crippen LogP contribution is -2.32. The van der Waals surface area contributed by atoms with Crippen molar-refractivity contribution >= 4 is 11.6 Å². The molecule has 102 valence electrons. The first kappa shape index (κ1) is 13.5. The molecule has 0 saturated carbocycles. The Labute approximate surface area is 113 Å². The molecule has 1 N–H and O–H groups in total. The van der Waals surface area contributed by atoms with Crippen molar-refractivity contribution in [2.24, 2.45) is 0 Å². The van der Waals surface area contributed by atoms with E-state index in [4.69, 9.17) is 0 Å². The Morgan fingerprint density at radius 3 is 3.05 bits per heavy atom. The lowest BCUT2D eigenvalue weighted by molar-refractivity contribution is 0.0932. The van der Waals surface area contributed by atoms with Crippen LogP contribution in [0, 0.1) is 0 Å². The van der Waals surface area contributed by atoms with Crippen LogP contribution in [0.15, 0.2) is 24.5 Å². The van der Waals surface area contributed by atoms with E-state index >= 15 is 0 Å². The SMILES string of the molecule is CCCCCC(C)NC(=O)c1cc2ncccn2n1. The zero-order valence-corrected chi connectivity index (χ0v) is 11.5. The van der Waals surface area contributed by atoms with Crippen molar-refractivity contribution in [3.8, 4) is 0 Å². The fraction of sp³-hybridized carbons (Fsp3) is 0.500. The number of rotatable bonds is 6. The fourth-order valence-corrected chi connectivity index (χ4v) is 2.01. The van der Waals surface area contributed by atoms with Crippen LogP contribution < -0.4 is 5.32 Å². The van der Waals surface area contributed by atoms with E-state index in [1.807, 2.05) is 6.92 Å². The van der Waals surface area contributed by atoms with E-state index in [2.05, 4.69) is 22.3 Å². The normalized spacial score (nSPS) is 12.5. The molecular weight excluding hydrogens is 240 g/mol. The molecule has 0 aliphatic carbocycles. The minimum Gasteiger partial charge on any atom is -0.348 e. The number of aromatic nitrogens is 3. The van der Waals surface area contributed by atoms with Crippen LogP contribution in [0.1, 0.15) is 50.0 Å². The first-order chi connectivity index (χ1) is 9.20. The summed E-state index contributed by atoms with van der Waals surface area (Å²) < 4.78 is 1.61. The van der Waals surface area contributed by atoms with Gasteiger partial charge in [0.05, 0.1) is 0 Å². The molecule has 2 aromatic heterocycles. The first-order valence-corrected chi connectivity index (χ1v) is 6.82. The van der Waals surface area contributed by atoms with Crippen molar-refractivity contribution in [3.63, 3.8) is 0 Å². The van der Waals surface area contributed by atoms with Gasteiger partial charge < -0.3 is 5.32 Å². The maximum atomic E-state index is 12.0. The van der Waals surface area contributed by atoms with Gasteiger partial charge in [0.25, 0.3) is 5.91 Å². The van der Waals surface area contributed by atoms with E-state index in [0.717, 1.165) is 12.8 Å². The average molecular weight is 260 g/mol. The number of hydrogen-bond acceptors (Lipinski definition) is 3. The van der Waals surface area contributed by atoms with Gasteiger partial charge in [0.2, 0.25) is 0 Å². The van der Waals surface area contributed by atoms with Crippen LogP contribution in [0.25, 0.3) is 5.65 Å². The predicted molar refractivity (Wildman–Crippen MR) is 74.1 cm³/mol. The molecule has 0 aromatic carbocycles. The van der Waals surface area contributed by atoms with Crippen molar-refractivity contribution in [3.05, 3.63) is 30.2 Å². The number of carbonyl (C=O) groups excluding carboxylic acids is 1. The molecule has 0 aliphatic rings. The van der Waals surface area contributed by atoms with E-state index in [0.29, 0.717) is 11.3 Å². The molecule has 1 amide bonds. The van der Waals surface area contributed by atoms with Gasteiger partial charge in [-0.05, 0) is 19.4 Å². The van der Waals surface area contributed by atoms with Gasteiger partial charge in [-0.3, -0.25) is 4.79 Å². The zero-order chi connectivity index (χ0) is 13.7. The number of nitrogens with zero attached hydrogens (tertiary/aromatic N) is 3. The van der Waals surface area contributed by atoms with Gasteiger partial charge in [0.15, 0.2) is 11.3 Å². The molecule has 2 heterocycles. The molecular formula is C14H20N4O. The molecule has 19 heavy (non-hydrogen) atoms. The molecule has 1 unspecified atom stereocenters. The Morgan fingerprint density at radius 1 is 1.47 bits per heavy atom. The van der Waals surface area contributed by atoms with E-state index in [1.165, 1.54) is 12.8 Å². The summed E-state index contributed by atoms with van der Waals surface area (Å²) in [5.41, 5.74) is 1.10. The Balaban J connectivity index is 1.95. The highest BCUT2D eigenvalue weighted by molar-refractivity contribution is 5.93. The van der Waals surface area contributed by atoms with Crippen LogP contribution >= 0.6 is 0 Å². The average Bonchev–Trinajstić information content (AvgIpc) is 2.83. The molecule has 0 spiro atoms. The molecule has 1 atom stereocenters. The van der Waals surface area contributed by atoms with Gasteiger partial charge in [0.1, 0.15) is 0 Å². The van der Waals surface area contributed by atoms with Crippen LogP contribution in [-0.2, 0) is 0 Å². The van der Waals surface area contributed by atoms with Crippen LogP contribution in [0.5, 0.6) is 0 Å². The molecule has 5 nitrogen and oxygen atoms in total. The molecule has 0 aliphatic heterocycles. The third-order valence-corrected chi connectivity index (χ3v) is 3.09. The largest absolute Gasteiger partial charge is 0.348 e. The highest BCUT2D eigenvalue weighted by atomic mass is 16.2. The van der Waals surface area contributed by atoms with Gasteiger partial charge in [-0.15, -0.1) is 0 Å². The molecule has 0 radical (unpaired) electrons. The first-order valence-electron chi connectivity index (χ1n) is 6.82. The highest BCUT2D eigenvalue weighted by Crippen LogP contribution is 2.06. The third kappa shape index (κ3) is 3.53. The lowest BCUT2D eigenvalue weighted by atomic mass is 10.1. The second kappa shape index (κ2) is 6.31. The standard InChI is InChI=1S/C14H20N4O/c1-3-4-5-7-11(2)16-14(19)12-10-13-15-8-6-9-18(13)17-12/h6,8-11H,3-5,7H2,1-2H3,(H,16,19). The number of carbonyl (C=O) groups is 1. The number of fused-ring (bicyclic) bond motifs is 1. The Bertz CT molecular complexity index is 516. The number of hydrogen-bond donors (Lipinski definition) is 1. The Morgan fingerprint density at radius 2 is 2.32 bits per heavy atom. The predicted octanol–water partition coefficient (Wildman–Crippen LogP) is 2.43. The molecule has 2 aromatic rings. The van der Waals surface area contributed by atoms with Crippen LogP contribution in [-0.4, -0.2) is 26.5 Å². The smallest absolute Gasteiger partial charge is 0.272 e. The summed E-state index contributed by atoms with van der Waals surface area (Å²) in [6.07, 6.45) is 8.02. The third-order valence-electron chi connectivity index (χ3n) is 3.09. The monoisotopic (exact) mass is 260 g/mol. The summed E-state index contributed by atoms with van der Waals surface area (Å²) in [4.78, 5) is 16.2. The second-order valence-corrected chi connectivity index (χ2v) is 4.82. The highest BCUT2D eigenvalue weighted by Gasteiger charge is 2.13. The zero-order valence-electron chi connectivity index (χ0n) is 11.5. The van der Waals surface area contributed by atoms with E-state index in [9.17, 15) is 4.79 Å². The van der Waals surface area contributed by atoms with Crippen LogP contribution in [0.2, 0.25) is 0 Å². The van der Waals surface area contributed by atoms with Crippen molar-refractivity contribution in [2.45, 2.75) is 45.6 Å². The molecule has 2 rings (SSSR count). The van der Waals surface area contributed by atoms with Gasteiger partial charge >= 0.3 is 0 Å². The molecule has 5 heteroatoms. The molecule has 0 fully saturated rings. The topological polar surface area (TPSA) is 59.3 Å². The van der Waals surface area contributed by atoms with Crippen LogP contribution in [0.3, 0.4) is 0 Å². The number of unbranched alkanes of at least 4 members (excludes halogenated alkanes) is 2. The van der Waals surface area contributed by atoms with Crippen molar-refractivity contribution < 1.29 is 4.79 Å². The summed E-state index contributed by atoms with van der Waals surface area (Å²) >= 11 is 0. The minimum atomic E-state index is -0.130. The summed E-state index contributed by atoms with van der Waals surface area (Å²) in [5, 5.41) is 7.18. The number of amides is 1. The van der Waals surface area contributed by atoms with Crippen molar-refractivity contribution in [2.75, 3.05) is 0 Å². The van der Waals surface area contributed by atoms with E-state index in [1.54, 1.807) is 29.0 Å². The van der Waals surface area contributed by atoms with Crippen molar-refractivity contribution in [1.82, 2.24) is 19.9 Å². The maximum Gasteiger partial charge on any atom is 0.272 e.